The molecule has 0 spiro atoms. The normalized spacial score (nSPS) is 8.38. The maximum absolute atomic E-state index is 10.1. The summed E-state index contributed by atoms with van der Waals surface area (Å²) in [5.74, 6) is 0. The van der Waals surface area contributed by atoms with E-state index in [0.29, 0.717) is 0 Å². The molecular formula is C4H9ClCuKO. The topological polar surface area (TPSA) is 23.1 Å². The van der Waals surface area contributed by atoms with Gasteiger partial charge in [-0.05, 0) is 0 Å². The fourth-order valence-corrected chi connectivity index (χ4v) is 0. The van der Waals surface area contributed by atoms with E-state index < -0.39 is 5.60 Å². The van der Waals surface area contributed by atoms with Crippen molar-refractivity contribution in [1.29, 1.82) is 0 Å². The average molecular weight is 211 g/mol. The molecule has 0 aliphatic carbocycles. The number of halogens is 1. The molecule has 0 N–H and O–H groups in total. The molecule has 0 radical (unpaired) electrons. The Hall–Kier alpha value is 2.41. The second-order valence-electron chi connectivity index (χ2n) is 2.11. The Balaban J connectivity index is -0.0000000750. The monoisotopic (exact) mass is 210 g/mol. The molecule has 0 aliphatic rings. The summed E-state index contributed by atoms with van der Waals surface area (Å²) in [4.78, 5) is 0. The fraction of sp³-hybridized carbons (Fsp3) is 1.00. The van der Waals surface area contributed by atoms with Crippen molar-refractivity contribution in [3.63, 3.8) is 0 Å². The van der Waals surface area contributed by atoms with E-state index in [0.717, 1.165) is 0 Å². The van der Waals surface area contributed by atoms with Gasteiger partial charge in [-0.25, -0.2) is 0 Å². The van der Waals surface area contributed by atoms with Crippen molar-refractivity contribution in [2.24, 2.45) is 0 Å². The van der Waals surface area contributed by atoms with Gasteiger partial charge in [-0.1, -0.05) is 20.8 Å². The van der Waals surface area contributed by atoms with Crippen molar-refractivity contribution >= 4 is 10.1 Å². The van der Waals surface area contributed by atoms with Crippen molar-refractivity contribution in [2.75, 3.05) is 0 Å². The summed E-state index contributed by atoms with van der Waals surface area (Å²) in [6, 6.07) is 0. The Labute approximate surface area is 106 Å². The summed E-state index contributed by atoms with van der Waals surface area (Å²) < 4.78 is 0. The van der Waals surface area contributed by atoms with E-state index in [4.69, 9.17) is 0 Å². The van der Waals surface area contributed by atoms with Crippen molar-refractivity contribution < 1.29 is 71.6 Å². The van der Waals surface area contributed by atoms with Gasteiger partial charge in [-0.3, -0.25) is 0 Å². The molecule has 0 aliphatic heterocycles. The predicted molar refractivity (Wildman–Crippen MR) is 25.6 cm³/mol. The molecule has 0 unspecified atom stereocenters. The standard InChI is InChI=1S/C4H9O.ClH.Cu.K/c1-4(2,3)5;;;/h1-3H3;1H;;/q-1;;2*+1/p-1. The molecule has 0 saturated heterocycles. The molecule has 0 fully saturated rings. The second-order valence-corrected chi connectivity index (χ2v) is 2.11. The summed E-state index contributed by atoms with van der Waals surface area (Å²) in [7, 11) is 4.20. The van der Waals surface area contributed by atoms with E-state index >= 15 is 0 Å². The van der Waals surface area contributed by atoms with Crippen molar-refractivity contribution in [3.8, 4) is 0 Å². The zero-order valence-corrected chi connectivity index (χ0v) is 10.4. The molecule has 0 aromatic carbocycles. The number of rotatable bonds is 0. The van der Waals surface area contributed by atoms with Gasteiger partial charge in [0.25, 0.3) is 0 Å². The van der Waals surface area contributed by atoms with Gasteiger partial charge in [-0.2, -0.15) is 0 Å². The summed E-state index contributed by atoms with van der Waals surface area (Å²) >= 11 is 3.66. The molecular weight excluding hydrogens is 202 g/mol. The second kappa shape index (κ2) is 9.41. The largest absolute Gasteiger partial charge is 1.00 e. The molecule has 8 heavy (non-hydrogen) atoms. The first kappa shape index (κ1) is 16.8. The van der Waals surface area contributed by atoms with Gasteiger partial charge in [-0.15, -0.1) is 5.60 Å². The molecule has 0 atom stereocenters. The summed E-state index contributed by atoms with van der Waals surface area (Å²) in [5.41, 5.74) is -0.750. The first-order valence-corrected chi connectivity index (χ1v) is 3.11. The Morgan fingerprint density at radius 1 is 1.25 bits per heavy atom. The Kier molecular flexibility index (Phi) is 19.7. The minimum atomic E-state index is -0.750. The van der Waals surface area contributed by atoms with Crippen LogP contribution in [0, 0.1) is 0 Å². The summed E-state index contributed by atoms with van der Waals surface area (Å²) in [6.45, 7) is 4.90. The van der Waals surface area contributed by atoms with Crippen molar-refractivity contribution in [1.82, 2.24) is 0 Å². The first-order valence-electron chi connectivity index (χ1n) is 1.82. The minimum Gasteiger partial charge on any atom is 1.00 e. The molecule has 0 saturated carbocycles. The van der Waals surface area contributed by atoms with E-state index in [1.165, 1.54) is 0 Å². The third-order valence-corrected chi connectivity index (χ3v) is 0. The van der Waals surface area contributed by atoms with E-state index in [1.807, 2.05) is 0 Å². The molecule has 0 amide bonds. The van der Waals surface area contributed by atoms with Crippen LogP contribution in [0.15, 0.2) is 0 Å². The molecule has 0 bridgehead atoms. The molecule has 0 rings (SSSR count). The van der Waals surface area contributed by atoms with Crippen LogP contribution in [0.3, 0.4) is 0 Å². The van der Waals surface area contributed by atoms with Crippen LogP contribution in [-0.2, 0) is 15.1 Å². The Bertz CT molecular complexity index is 31.5. The van der Waals surface area contributed by atoms with Crippen LogP contribution in [0.5, 0.6) is 0 Å². The molecule has 0 aromatic heterocycles. The van der Waals surface area contributed by atoms with Gasteiger partial charge in [0, 0.05) is 0 Å². The van der Waals surface area contributed by atoms with Crippen LogP contribution < -0.4 is 56.5 Å². The van der Waals surface area contributed by atoms with Crippen molar-refractivity contribution in [2.45, 2.75) is 26.4 Å². The smallest absolute Gasteiger partial charge is 1.00 e. The third kappa shape index (κ3) is 79.7. The van der Waals surface area contributed by atoms with E-state index in [9.17, 15) is 5.11 Å². The zero-order chi connectivity index (χ0) is 6.50. The van der Waals surface area contributed by atoms with Crippen LogP contribution in [-0.4, -0.2) is 5.60 Å². The van der Waals surface area contributed by atoms with Gasteiger partial charge in [0.15, 0.2) is 0 Å². The van der Waals surface area contributed by atoms with E-state index in [2.05, 4.69) is 25.2 Å². The fourth-order valence-electron chi connectivity index (χ4n) is 0. The van der Waals surface area contributed by atoms with Crippen LogP contribution in [0.25, 0.3) is 0 Å². The van der Waals surface area contributed by atoms with E-state index in [1.54, 1.807) is 20.8 Å². The third-order valence-electron chi connectivity index (χ3n) is 0. The van der Waals surface area contributed by atoms with Gasteiger partial charge in [0.1, 0.15) is 0 Å². The first-order chi connectivity index (χ1) is 3.00. The summed E-state index contributed by atoms with van der Waals surface area (Å²) in [6.07, 6.45) is 0. The maximum atomic E-state index is 10.1. The molecule has 4 heteroatoms. The molecule has 50 valence electrons. The number of hydrogen-bond donors (Lipinski definition) is 0. The van der Waals surface area contributed by atoms with Crippen LogP contribution in [0.4, 0.5) is 0 Å². The minimum absolute atomic E-state index is 0. The Morgan fingerprint density at radius 3 is 1.25 bits per heavy atom. The molecule has 1 nitrogen and oxygen atoms in total. The zero-order valence-electron chi connectivity index (χ0n) is 5.59. The molecule has 0 heterocycles. The van der Waals surface area contributed by atoms with Gasteiger partial charge in [0.05, 0.1) is 0 Å². The van der Waals surface area contributed by atoms with Gasteiger partial charge >= 0.3 is 76.6 Å². The summed E-state index contributed by atoms with van der Waals surface area (Å²) in [5, 5.41) is 10.1. The SMILES string of the molecule is CC(C)(C)[O-].[Cl][Cu].[K+]. The van der Waals surface area contributed by atoms with E-state index in [-0.39, 0.29) is 51.4 Å². The maximum Gasteiger partial charge on any atom is 1.00 e. The van der Waals surface area contributed by atoms with Crippen LogP contribution >= 0.6 is 10.1 Å². The number of hydrogen-bond acceptors (Lipinski definition) is 1. The van der Waals surface area contributed by atoms with Crippen molar-refractivity contribution in [3.05, 3.63) is 0 Å². The average Bonchev–Trinajstić information content (AvgIpc) is 1.36. The Morgan fingerprint density at radius 2 is 1.25 bits per heavy atom. The predicted octanol–water partition coefficient (Wildman–Crippen LogP) is -2.16. The van der Waals surface area contributed by atoms with Crippen LogP contribution in [0.1, 0.15) is 20.8 Å². The van der Waals surface area contributed by atoms with Crippen LogP contribution in [0.2, 0.25) is 0 Å². The molecule has 0 aromatic rings. The van der Waals surface area contributed by atoms with Gasteiger partial charge in [0.2, 0.25) is 0 Å². The van der Waals surface area contributed by atoms with Gasteiger partial charge < -0.3 is 5.11 Å². The quantitative estimate of drug-likeness (QED) is 0.418.